The van der Waals surface area contributed by atoms with Crippen LogP contribution in [0.2, 0.25) is 0 Å². The first-order valence-corrected chi connectivity index (χ1v) is 10.1. The monoisotopic (exact) mass is 404 g/mol. The maximum atomic E-state index is 13.1. The Morgan fingerprint density at radius 2 is 2.07 bits per heavy atom. The number of carbonyl (C=O) groups excluding carboxylic acids is 2. The summed E-state index contributed by atoms with van der Waals surface area (Å²) in [4.78, 5) is 28.5. The number of ether oxygens (including phenoxy) is 1. The van der Waals surface area contributed by atoms with Gasteiger partial charge in [-0.25, -0.2) is 9.37 Å². The van der Waals surface area contributed by atoms with Crippen LogP contribution in [-0.2, 0) is 14.3 Å². The molecular weight excluding hydrogens is 387 g/mol. The first-order valence-electron chi connectivity index (χ1n) is 8.25. The van der Waals surface area contributed by atoms with Gasteiger partial charge in [-0.15, -0.1) is 11.3 Å². The van der Waals surface area contributed by atoms with Gasteiger partial charge in [0, 0.05) is 11.4 Å². The number of anilines is 1. The fourth-order valence-electron chi connectivity index (χ4n) is 2.25. The van der Waals surface area contributed by atoms with E-state index in [1.54, 1.807) is 17.4 Å². The number of esters is 1. The number of nitrogens with zero attached hydrogens (tertiary/aromatic N) is 1. The van der Waals surface area contributed by atoms with Gasteiger partial charge in [0.15, 0.2) is 10.4 Å². The second-order valence-corrected chi connectivity index (χ2v) is 8.05. The van der Waals surface area contributed by atoms with Crippen molar-refractivity contribution in [3.05, 3.63) is 54.3 Å². The van der Waals surface area contributed by atoms with Gasteiger partial charge in [-0.05, 0) is 37.3 Å². The number of fused-ring (bicyclic) bond motifs is 1. The molecule has 0 aliphatic carbocycles. The Hall–Kier alpha value is -2.45. The van der Waals surface area contributed by atoms with E-state index in [4.69, 9.17) is 4.74 Å². The van der Waals surface area contributed by atoms with Gasteiger partial charge in [0.2, 0.25) is 0 Å². The molecule has 0 fully saturated rings. The van der Waals surface area contributed by atoms with Crippen molar-refractivity contribution in [1.82, 2.24) is 4.98 Å². The van der Waals surface area contributed by atoms with Gasteiger partial charge in [0.25, 0.3) is 5.91 Å². The van der Waals surface area contributed by atoms with Gasteiger partial charge in [0.05, 0.1) is 16.6 Å². The number of halogens is 1. The van der Waals surface area contributed by atoms with Crippen molar-refractivity contribution in [3.63, 3.8) is 0 Å². The number of para-hydroxylation sites is 1. The second kappa shape index (κ2) is 8.96. The summed E-state index contributed by atoms with van der Waals surface area (Å²) in [6.07, 6.45) is -0.800. The topological polar surface area (TPSA) is 68.3 Å². The van der Waals surface area contributed by atoms with Crippen molar-refractivity contribution >= 4 is 50.9 Å². The van der Waals surface area contributed by atoms with Crippen LogP contribution < -0.4 is 5.32 Å². The molecular formula is C19H17FN2O3S2. The molecule has 0 aliphatic heterocycles. The summed E-state index contributed by atoms with van der Waals surface area (Å²) in [6, 6.07) is 13.4. The molecule has 1 amide bonds. The molecule has 0 saturated heterocycles. The Bertz CT molecular complexity index is 928. The number of amides is 1. The Balaban J connectivity index is 1.43. The summed E-state index contributed by atoms with van der Waals surface area (Å²) in [5.74, 6) is -0.917. The van der Waals surface area contributed by atoms with Crippen molar-refractivity contribution in [2.24, 2.45) is 0 Å². The number of rotatable bonds is 7. The third-order valence-corrected chi connectivity index (χ3v) is 5.76. The summed E-state index contributed by atoms with van der Waals surface area (Å²) in [5, 5.41) is 2.52. The minimum atomic E-state index is -0.965. The molecule has 1 atom stereocenters. The molecule has 0 bridgehead atoms. The number of benzene rings is 2. The highest BCUT2D eigenvalue weighted by atomic mass is 32.2. The number of hydrogen-bond donors (Lipinski definition) is 1. The van der Waals surface area contributed by atoms with E-state index >= 15 is 0 Å². The molecule has 5 nitrogen and oxygen atoms in total. The number of nitrogens with one attached hydrogen (secondary N) is 1. The van der Waals surface area contributed by atoms with Crippen molar-refractivity contribution in [2.45, 2.75) is 23.8 Å². The van der Waals surface area contributed by atoms with Crippen LogP contribution in [0.4, 0.5) is 10.1 Å². The van der Waals surface area contributed by atoms with Crippen LogP contribution in [-0.4, -0.2) is 28.7 Å². The normalized spacial score (nSPS) is 11.9. The zero-order valence-corrected chi connectivity index (χ0v) is 16.1. The molecule has 0 unspecified atom stereocenters. The largest absolute Gasteiger partial charge is 0.453 e. The average molecular weight is 404 g/mol. The fourth-order valence-corrected chi connectivity index (χ4v) is 4.31. The Morgan fingerprint density at radius 1 is 1.26 bits per heavy atom. The standard InChI is InChI=1S/C19H17FN2O3S2/c1-12(18(24)21-14-6-4-5-13(20)11-14)25-17(23)9-10-26-19-22-15-7-2-3-8-16(15)27-19/h2-8,11-12H,9-10H2,1H3,(H,21,24)/t12-/m0/s1. The highest BCUT2D eigenvalue weighted by Crippen LogP contribution is 2.29. The molecule has 3 aromatic rings. The Morgan fingerprint density at radius 3 is 2.85 bits per heavy atom. The molecule has 0 saturated carbocycles. The molecule has 140 valence electrons. The maximum Gasteiger partial charge on any atom is 0.307 e. The minimum Gasteiger partial charge on any atom is -0.453 e. The van der Waals surface area contributed by atoms with E-state index in [2.05, 4.69) is 10.3 Å². The van der Waals surface area contributed by atoms with Crippen LogP contribution in [0.15, 0.2) is 52.9 Å². The predicted molar refractivity (Wildman–Crippen MR) is 106 cm³/mol. The van der Waals surface area contributed by atoms with Crippen LogP contribution in [0.5, 0.6) is 0 Å². The van der Waals surface area contributed by atoms with Gasteiger partial charge < -0.3 is 10.1 Å². The highest BCUT2D eigenvalue weighted by Gasteiger charge is 2.18. The van der Waals surface area contributed by atoms with Crippen molar-refractivity contribution in [1.29, 1.82) is 0 Å². The molecule has 0 aliphatic rings. The first kappa shape index (κ1) is 19.3. The lowest BCUT2D eigenvalue weighted by molar-refractivity contribution is -0.152. The smallest absolute Gasteiger partial charge is 0.307 e. The maximum absolute atomic E-state index is 13.1. The lowest BCUT2D eigenvalue weighted by atomic mass is 10.3. The van der Waals surface area contributed by atoms with E-state index in [0.717, 1.165) is 14.6 Å². The molecule has 2 aromatic carbocycles. The summed E-state index contributed by atoms with van der Waals surface area (Å²) in [6.45, 7) is 1.48. The lowest BCUT2D eigenvalue weighted by Gasteiger charge is -2.13. The van der Waals surface area contributed by atoms with E-state index < -0.39 is 23.8 Å². The van der Waals surface area contributed by atoms with Gasteiger partial charge in [-0.3, -0.25) is 9.59 Å². The molecule has 1 N–H and O–H groups in total. The number of thioether (sulfide) groups is 1. The van der Waals surface area contributed by atoms with Crippen LogP contribution in [0, 0.1) is 5.82 Å². The zero-order chi connectivity index (χ0) is 19.2. The van der Waals surface area contributed by atoms with Gasteiger partial charge in [-0.2, -0.15) is 0 Å². The summed E-state index contributed by atoms with van der Waals surface area (Å²) < 4.78 is 20.3. The molecule has 1 heterocycles. The summed E-state index contributed by atoms with van der Waals surface area (Å²) in [7, 11) is 0. The second-order valence-electron chi connectivity index (χ2n) is 5.68. The van der Waals surface area contributed by atoms with Gasteiger partial charge >= 0.3 is 5.97 Å². The SMILES string of the molecule is C[C@H](OC(=O)CCSc1nc2ccccc2s1)C(=O)Nc1cccc(F)c1. The van der Waals surface area contributed by atoms with Crippen LogP contribution in [0.25, 0.3) is 10.2 Å². The zero-order valence-electron chi connectivity index (χ0n) is 14.5. The van der Waals surface area contributed by atoms with Crippen molar-refractivity contribution in [2.75, 3.05) is 11.1 Å². The third kappa shape index (κ3) is 5.51. The van der Waals surface area contributed by atoms with Crippen molar-refractivity contribution < 1.29 is 18.7 Å². The first-order chi connectivity index (χ1) is 13.0. The molecule has 3 rings (SSSR count). The highest BCUT2D eigenvalue weighted by molar-refractivity contribution is 8.01. The van der Waals surface area contributed by atoms with Crippen LogP contribution >= 0.6 is 23.1 Å². The average Bonchev–Trinajstić information content (AvgIpc) is 3.04. The number of aromatic nitrogens is 1. The number of carbonyl (C=O) groups is 2. The van der Waals surface area contributed by atoms with Crippen molar-refractivity contribution in [3.8, 4) is 0 Å². The van der Waals surface area contributed by atoms with Gasteiger partial charge in [-0.1, -0.05) is 30.0 Å². The lowest BCUT2D eigenvalue weighted by Crippen LogP contribution is -2.30. The third-order valence-electron chi connectivity index (χ3n) is 3.58. The number of thiazole rings is 1. The van der Waals surface area contributed by atoms with E-state index in [1.165, 1.54) is 36.9 Å². The predicted octanol–water partition coefficient (Wildman–Crippen LogP) is 4.49. The molecule has 27 heavy (non-hydrogen) atoms. The minimum absolute atomic E-state index is 0.165. The number of hydrogen-bond acceptors (Lipinski definition) is 6. The summed E-state index contributed by atoms with van der Waals surface area (Å²) in [5.41, 5.74) is 1.25. The van der Waals surface area contributed by atoms with E-state index in [0.29, 0.717) is 11.4 Å². The summed E-state index contributed by atoms with van der Waals surface area (Å²) >= 11 is 3.05. The van der Waals surface area contributed by atoms with E-state index in [1.807, 2.05) is 24.3 Å². The molecule has 1 aromatic heterocycles. The molecule has 0 spiro atoms. The van der Waals surface area contributed by atoms with Gasteiger partial charge in [0.1, 0.15) is 5.82 Å². The molecule has 0 radical (unpaired) electrons. The quantitative estimate of drug-likeness (QED) is 0.464. The van der Waals surface area contributed by atoms with Crippen LogP contribution in [0.3, 0.4) is 0 Å². The van der Waals surface area contributed by atoms with E-state index in [-0.39, 0.29) is 6.42 Å². The Labute approximate surface area is 163 Å². The molecule has 8 heteroatoms. The Kier molecular flexibility index (Phi) is 6.41. The van der Waals surface area contributed by atoms with Crippen LogP contribution in [0.1, 0.15) is 13.3 Å². The fraction of sp³-hybridized carbons (Fsp3) is 0.211. The van der Waals surface area contributed by atoms with E-state index in [9.17, 15) is 14.0 Å².